The Labute approximate surface area is 200 Å². The molecule has 0 aromatic heterocycles. The molecule has 0 atom stereocenters. The molecule has 0 aromatic carbocycles. The number of hydrogen-bond donors (Lipinski definition) is 1. The SMILES string of the molecule is CCCC=CCC=CCC=CCC=CCCCCCCCCCCCCCCCC(=O)O. The molecule has 0 aliphatic rings. The molecule has 0 heterocycles. The molecule has 0 saturated heterocycles. The summed E-state index contributed by atoms with van der Waals surface area (Å²) >= 11 is 0. The molecule has 0 aromatic rings. The highest BCUT2D eigenvalue weighted by Gasteiger charge is 1.97. The van der Waals surface area contributed by atoms with Crippen molar-refractivity contribution in [1.82, 2.24) is 0 Å². The fourth-order valence-corrected chi connectivity index (χ4v) is 3.70. The highest BCUT2D eigenvalue weighted by atomic mass is 16.4. The second-order valence-corrected chi connectivity index (χ2v) is 8.91. The van der Waals surface area contributed by atoms with Crippen LogP contribution in [0.5, 0.6) is 0 Å². The maximum atomic E-state index is 10.4. The molecule has 0 radical (unpaired) electrons. The van der Waals surface area contributed by atoms with E-state index < -0.39 is 5.97 Å². The van der Waals surface area contributed by atoms with Gasteiger partial charge < -0.3 is 5.11 Å². The molecule has 0 fully saturated rings. The molecule has 2 heteroatoms. The predicted molar refractivity (Wildman–Crippen MR) is 142 cm³/mol. The first-order valence-electron chi connectivity index (χ1n) is 13.6. The molecule has 0 aliphatic carbocycles. The van der Waals surface area contributed by atoms with Gasteiger partial charge in [-0.2, -0.15) is 0 Å². The predicted octanol–water partition coefficient (Wildman–Crippen LogP) is 10.1. The Balaban J connectivity index is 3.23. The fraction of sp³-hybridized carbons (Fsp3) is 0.700. The van der Waals surface area contributed by atoms with Crippen LogP contribution >= 0.6 is 0 Å². The Morgan fingerprint density at radius 1 is 0.500 bits per heavy atom. The first kappa shape index (κ1) is 30.4. The maximum absolute atomic E-state index is 10.4. The molecule has 184 valence electrons. The van der Waals surface area contributed by atoms with Crippen LogP contribution in [0.1, 0.15) is 135 Å². The van der Waals surface area contributed by atoms with Crippen molar-refractivity contribution in [2.45, 2.75) is 135 Å². The number of allylic oxidation sites excluding steroid dienone is 8. The Morgan fingerprint density at radius 3 is 1.25 bits per heavy atom. The van der Waals surface area contributed by atoms with Crippen molar-refractivity contribution in [2.75, 3.05) is 0 Å². The first-order valence-corrected chi connectivity index (χ1v) is 13.6. The van der Waals surface area contributed by atoms with E-state index in [-0.39, 0.29) is 0 Å². The summed E-state index contributed by atoms with van der Waals surface area (Å²) in [7, 11) is 0. The summed E-state index contributed by atoms with van der Waals surface area (Å²) in [5, 5.41) is 8.60. The van der Waals surface area contributed by atoms with Crippen LogP contribution in [-0.4, -0.2) is 11.1 Å². The monoisotopic (exact) mass is 444 g/mol. The van der Waals surface area contributed by atoms with E-state index in [1.165, 1.54) is 89.9 Å². The van der Waals surface area contributed by atoms with Crippen molar-refractivity contribution in [2.24, 2.45) is 0 Å². The molecule has 0 rings (SSSR count). The number of carboxylic acid groups (broad SMARTS) is 1. The van der Waals surface area contributed by atoms with Gasteiger partial charge in [-0.3, -0.25) is 4.79 Å². The topological polar surface area (TPSA) is 37.3 Å². The summed E-state index contributed by atoms with van der Waals surface area (Å²) < 4.78 is 0. The lowest BCUT2D eigenvalue weighted by Crippen LogP contribution is -1.93. The fourth-order valence-electron chi connectivity index (χ4n) is 3.70. The lowest BCUT2D eigenvalue weighted by molar-refractivity contribution is -0.137. The van der Waals surface area contributed by atoms with E-state index in [0.29, 0.717) is 6.42 Å². The zero-order valence-corrected chi connectivity index (χ0v) is 21.1. The Hall–Kier alpha value is -1.57. The van der Waals surface area contributed by atoms with E-state index in [2.05, 4.69) is 55.5 Å². The Morgan fingerprint density at radius 2 is 0.844 bits per heavy atom. The molecule has 0 aliphatic heterocycles. The van der Waals surface area contributed by atoms with Gasteiger partial charge in [0.15, 0.2) is 0 Å². The van der Waals surface area contributed by atoms with E-state index in [9.17, 15) is 4.79 Å². The molecular formula is C30H52O2. The van der Waals surface area contributed by atoms with Crippen molar-refractivity contribution >= 4 is 5.97 Å². The highest BCUT2D eigenvalue weighted by Crippen LogP contribution is 2.13. The average Bonchev–Trinajstić information content (AvgIpc) is 2.78. The summed E-state index contributed by atoms with van der Waals surface area (Å²) in [6, 6.07) is 0. The largest absolute Gasteiger partial charge is 0.481 e. The maximum Gasteiger partial charge on any atom is 0.303 e. The minimum atomic E-state index is -0.657. The lowest BCUT2D eigenvalue weighted by Gasteiger charge is -2.03. The molecule has 32 heavy (non-hydrogen) atoms. The molecule has 0 bridgehead atoms. The quantitative estimate of drug-likeness (QED) is 0.119. The van der Waals surface area contributed by atoms with Crippen molar-refractivity contribution in [3.63, 3.8) is 0 Å². The average molecular weight is 445 g/mol. The molecule has 1 N–H and O–H groups in total. The molecule has 0 saturated carbocycles. The third kappa shape index (κ3) is 28.4. The van der Waals surface area contributed by atoms with Gasteiger partial charge >= 0.3 is 5.97 Å². The minimum absolute atomic E-state index is 0.337. The molecule has 0 unspecified atom stereocenters. The normalized spacial score (nSPS) is 12.3. The van der Waals surface area contributed by atoms with E-state index in [1.807, 2.05) is 0 Å². The summed E-state index contributed by atoms with van der Waals surface area (Å²) in [5.74, 6) is -0.657. The minimum Gasteiger partial charge on any atom is -0.481 e. The zero-order valence-electron chi connectivity index (χ0n) is 21.1. The summed E-state index contributed by atoms with van der Waals surface area (Å²) in [6.07, 6.45) is 42.1. The van der Waals surface area contributed by atoms with Gasteiger partial charge in [-0.15, -0.1) is 0 Å². The van der Waals surface area contributed by atoms with Crippen LogP contribution in [0.25, 0.3) is 0 Å². The van der Waals surface area contributed by atoms with Gasteiger partial charge in [0.25, 0.3) is 0 Å². The van der Waals surface area contributed by atoms with E-state index >= 15 is 0 Å². The van der Waals surface area contributed by atoms with Crippen molar-refractivity contribution < 1.29 is 9.90 Å². The van der Waals surface area contributed by atoms with Gasteiger partial charge in [0, 0.05) is 6.42 Å². The van der Waals surface area contributed by atoms with Crippen molar-refractivity contribution in [3.8, 4) is 0 Å². The Kier molecular flexibility index (Phi) is 26.1. The van der Waals surface area contributed by atoms with Gasteiger partial charge in [0.05, 0.1) is 0 Å². The van der Waals surface area contributed by atoms with Crippen LogP contribution in [0.3, 0.4) is 0 Å². The number of carbonyl (C=O) groups is 1. The molecule has 0 spiro atoms. The first-order chi connectivity index (χ1) is 15.8. The second kappa shape index (κ2) is 27.5. The molecule has 2 nitrogen and oxygen atoms in total. The number of unbranched alkanes of at least 4 members (excludes halogenated alkanes) is 14. The van der Waals surface area contributed by atoms with Gasteiger partial charge in [-0.1, -0.05) is 133 Å². The van der Waals surface area contributed by atoms with Crippen LogP contribution in [0.2, 0.25) is 0 Å². The van der Waals surface area contributed by atoms with Crippen molar-refractivity contribution in [1.29, 1.82) is 0 Å². The molecule has 0 amide bonds. The van der Waals surface area contributed by atoms with Crippen LogP contribution < -0.4 is 0 Å². The van der Waals surface area contributed by atoms with Gasteiger partial charge in [0.1, 0.15) is 0 Å². The lowest BCUT2D eigenvalue weighted by atomic mass is 10.0. The highest BCUT2D eigenvalue weighted by molar-refractivity contribution is 5.66. The second-order valence-electron chi connectivity index (χ2n) is 8.91. The number of carboxylic acids is 1. The van der Waals surface area contributed by atoms with Crippen molar-refractivity contribution in [3.05, 3.63) is 48.6 Å². The number of rotatable bonds is 24. The van der Waals surface area contributed by atoms with Crippen LogP contribution in [0.15, 0.2) is 48.6 Å². The third-order valence-corrected chi connectivity index (χ3v) is 5.70. The van der Waals surface area contributed by atoms with Gasteiger partial charge in [0.2, 0.25) is 0 Å². The third-order valence-electron chi connectivity index (χ3n) is 5.70. The van der Waals surface area contributed by atoms with Crippen LogP contribution in [0, 0.1) is 0 Å². The summed E-state index contributed by atoms with van der Waals surface area (Å²) in [5.41, 5.74) is 0. The van der Waals surface area contributed by atoms with Gasteiger partial charge in [-0.05, 0) is 44.9 Å². The van der Waals surface area contributed by atoms with E-state index in [0.717, 1.165) is 32.1 Å². The van der Waals surface area contributed by atoms with E-state index in [1.54, 1.807) is 0 Å². The molecular weight excluding hydrogens is 392 g/mol. The van der Waals surface area contributed by atoms with E-state index in [4.69, 9.17) is 5.11 Å². The van der Waals surface area contributed by atoms with Gasteiger partial charge in [-0.25, -0.2) is 0 Å². The smallest absolute Gasteiger partial charge is 0.303 e. The van der Waals surface area contributed by atoms with Crippen LogP contribution in [0.4, 0.5) is 0 Å². The number of aliphatic carboxylic acids is 1. The summed E-state index contributed by atoms with van der Waals surface area (Å²) in [4.78, 5) is 10.4. The zero-order chi connectivity index (χ0) is 23.4. The summed E-state index contributed by atoms with van der Waals surface area (Å²) in [6.45, 7) is 2.21. The number of hydrogen-bond acceptors (Lipinski definition) is 1. The standard InChI is InChI=1S/C30H52O2/c1-2-3-4-5-6-7-8-9-10-11-12-13-14-15-16-17-18-19-20-21-22-23-24-25-26-27-28-29-30(31)32/h4-5,7-8,10-11,13-14H,2-3,6,9,12,15-29H2,1H3,(H,31,32). The Bertz CT molecular complexity index is 499. The van der Waals surface area contributed by atoms with Crippen LogP contribution in [-0.2, 0) is 4.79 Å².